The van der Waals surface area contributed by atoms with Gasteiger partial charge in [-0.25, -0.2) is 4.79 Å². The van der Waals surface area contributed by atoms with Gasteiger partial charge in [0.25, 0.3) is 0 Å². The molecule has 0 bridgehead atoms. The molecule has 1 aliphatic rings. The fourth-order valence-corrected chi connectivity index (χ4v) is 3.56. The number of ether oxygens (including phenoxy) is 2. The Bertz CT molecular complexity index is 886. The summed E-state index contributed by atoms with van der Waals surface area (Å²) in [5.74, 6) is -0.214. The van der Waals surface area contributed by atoms with Gasteiger partial charge in [-0.3, -0.25) is 0 Å². The van der Waals surface area contributed by atoms with Gasteiger partial charge < -0.3 is 15.2 Å². The Kier molecular flexibility index (Phi) is 5.79. The molecule has 2 N–H and O–H groups in total. The molecule has 11 heteroatoms. The summed E-state index contributed by atoms with van der Waals surface area (Å²) in [6.45, 7) is 2.26. The standard InChI is InChI=1S/C17H16Cl2F3N3O3/c1-8-11(7-10-3-2-4-27-10)15(24-25(8)16(23)26)28-14-12(18)5-9(6-13(14)19)17(20,21)22/h5-6,10H,2-4,7H2,1H3,(H2,23,26). The van der Waals surface area contributed by atoms with Crippen LogP contribution in [-0.4, -0.2) is 28.5 Å². The van der Waals surface area contributed by atoms with E-state index in [0.717, 1.165) is 17.5 Å². The summed E-state index contributed by atoms with van der Waals surface area (Å²) in [6, 6.07) is 0.589. The number of halogens is 5. The molecular formula is C17H16Cl2F3N3O3. The van der Waals surface area contributed by atoms with Crippen molar-refractivity contribution >= 4 is 29.2 Å². The fraction of sp³-hybridized carbons (Fsp3) is 0.412. The molecule has 1 fully saturated rings. The van der Waals surface area contributed by atoms with Crippen molar-refractivity contribution in [2.45, 2.75) is 38.5 Å². The largest absolute Gasteiger partial charge is 0.434 e. The zero-order valence-electron chi connectivity index (χ0n) is 14.6. The average molecular weight is 438 g/mol. The Morgan fingerprint density at radius 1 is 1.39 bits per heavy atom. The zero-order chi connectivity index (χ0) is 20.6. The number of hydrogen-bond acceptors (Lipinski definition) is 4. The summed E-state index contributed by atoms with van der Waals surface area (Å²) in [7, 11) is 0. The highest BCUT2D eigenvalue weighted by Crippen LogP contribution is 2.42. The van der Waals surface area contributed by atoms with E-state index in [1.54, 1.807) is 6.92 Å². The highest BCUT2D eigenvalue weighted by atomic mass is 35.5. The van der Waals surface area contributed by atoms with Gasteiger partial charge in [0.05, 0.1) is 27.4 Å². The first kappa shape index (κ1) is 20.8. The lowest BCUT2D eigenvalue weighted by atomic mass is 10.1. The van der Waals surface area contributed by atoms with Crippen molar-refractivity contribution < 1.29 is 27.4 Å². The number of nitrogens with zero attached hydrogens (tertiary/aromatic N) is 2. The summed E-state index contributed by atoms with van der Waals surface area (Å²) in [4.78, 5) is 11.6. The van der Waals surface area contributed by atoms with E-state index < -0.39 is 17.8 Å². The Hall–Kier alpha value is -1.97. The molecule has 2 heterocycles. The van der Waals surface area contributed by atoms with Gasteiger partial charge in [0.15, 0.2) is 5.75 Å². The van der Waals surface area contributed by atoms with Crippen LogP contribution in [0.3, 0.4) is 0 Å². The van der Waals surface area contributed by atoms with Gasteiger partial charge in [-0.05, 0) is 31.9 Å². The number of primary amides is 1. The maximum atomic E-state index is 12.9. The van der Waals surface area contributed by atoms with Crippen LogP contribution in [0.5, 0.6) is 11.6 Å². The number of carbonyl (C=O) groups excluding carboxylic acids is 1. The molecule has 1 aliphatic heterocycles. The molecule has 152 valence electrons. The van der Waals surface area contributed by atoms with Crippen LogP contribution in [0.2, 0.25) is 10.0 Å². The first-order valence-electron chi connectivity index (χ1n) is 8.32. The Labute approximate surface area is 168 Å². The number of amides is 1. The van der Waals surface area contributed by atoms with Gasteiger partial charge in [0, 0.05) is 18.6 Å². The van der Waals surface area contributed by atoms with Crippen molar-refractivity contribution in [1.82, 2.24) is 9.78 Å². The van der Waals surface area contributed by atoms with Crippen LogP contribution in [0.4, 0.5) is 18.0 Å². The molecule has 6 nitrogen and oxygen atoms in total. The van der Waals surface area contributed by atoms with E-state index in [9.17, 15) is 18.0 Å². The number of aromatic nitrogens is 2. The van der Waals surface area contributed by atoms with Crippen molar-refractivity contribution in [2.24, 2.45) is 5.73 Å². The molecule has 0 spiro atoms. The maximum Gasteiger partial charge on any atom is 0.416 e. The highest BCUT2D eigenvalue weighted by molar-refractivity contribution is 6.37. The minimum atomic E-state index is -4.61. The molecule has 1 atom stereocenters. The normalized spacial score (nSPS) is 17.1. The molecule has 0 aliphatic carbocycles. The molecule has 1 aromatic heterocycles. The van der Waals surface area contributed by atoms with Crippen LogP contribution >= 0.6 is 23.2 Å². The number of rotatable bonds is 4. The molecule has 2 aromatic rings. The first-order valence-corrected chi connectivity index (χ1v) is 9.07. The Balaban J connectivity index is 1.99. The average Bonchev–Trinajstić information content (AvgIpc) is 3.20. The zero-order valence-corrected chi connectivity index (χ0v) is 16.2. The third kappa shape index (κ3) is 4.21. The van der Waals surface area contributed by atoms with Crippen LogP contribution in [0, 0.1) is 6.92 Å². The topological polar surface area (TPSA) is 79.4 Å². The third-order valence-electron chi connectivity index (χ3n) is 4.39. The van der Waals surface area contributed by atoms with Gasteiger partial charge >= 0.3 is 12.2 Å². The summed E-state index contributed by atoms with van der Waals surface area (Å²) in [6.07, 6.45) is -2.58. The molecule has 1 unspecified atom stereocenters. The SMILES string of the molecule is Cc1c(CC2CCCO2)c(Oc2c(Cl)cc(C(F)(F)F)cc2Cl)nn1C(N)=O. The van der Waals surface area contributed by atoms with Crippen LogP contribution in [0.25, 0.3) is 0 Å². The van der Waals surface area contributed by atoms with E-state index >= 15 is 0 Å². The lowest BCUT2D eigenvalue weighted by Crippen LogP contribution is -2.22. The number of benzene rings is 1. The second-order valence-corrected chi connectivity index (χ2v) is 7.14. The summed E-state index contributed by atoms with van der Waals surface area (Å²) >= 11 is 11.9. The smallest absolute Gasteiger partial charge is 0.416 e. The van der Waals surface area contributed by atoms with Crippen molar-refractivity contribution in [3.63, 3.8) is 0 Å². The van der Waals surface area contributed by atoms with Gasteiger partial charge in [-0.1, -0.05) is 23.2 Å². The summed E-state index contributed by atoms with van der Waals surface area (Å²) < 4.78 is 50.9. The highest BCUT2D eigenvalue weighted by Gasteiger charge is 2.33. The molecule has 1 amide bonds. The van der Waals surface area contributed by atoms with E-state index in [2.05, 4.69) is 5.10 Å². The minimum Gasteiger partial charge on any atom is -0.434 e. The molecular weight excluding hydrogens is 422 g/mol. The number of hydrogen-bond donors (Lipinski definition) is 1. The van der Waals surface area contributed by atoms with Crippen molar-refractivity contribution in [3.05, 3.63) is 39.0 Å². The molecule has 1 saturated heterocycles. The van der Waals surface area contributed by atoms with Crippen LogP contribution in [0.1, 0.15) is 29.7 Å². The van der Waals surface area contributed by atoms with Gasteiger partial charge in [0.2, 0.25) is 5.88 Å². The molecule has 3 rings (SSSR count). The second kappa shape index (κ2) is 7.81. The molecule has 0 saturated carbocycles. The van der Waals surface area contributed by atoms with Crippen molar-refractivity contribution in [2.75, 3.05) is 6.61 Å². The summed E-state index contributed by atoms with van der Waals surface area (Å²) in [5, 5.41) is 3.35. The van der Waals surface area contributed by atoms with Gasteiger partial charge in [0.1, 0.15) is 0 Å². The third-order valence-corrected chi connectivity index (χ3v) is 4.95. The predicted octanol–water partition coefficient (Wildman–Crippen LogP) is 4.96. The quantitative estimate of drug-likeness (QED) is 0.732. The second-order valence-electron chi connectivity index (χ2n) is 6.33. The lowest BCUT2D eigenvalue weighted by molar-refractivity contribution is -0.137. The van der Waals surface area contributed by atoms with E-state index in [0.29, 0.717) is 36.4 Å². The first-order chi connectivity index (χ1) is 13.1. The van der Waals surface area contributed by atoms with Crippen LogP contribution < -0.4 is 10.5 Å². The lowest BCUT2D eigenvalue weighted by Gasteiger charge is -2.14. The van der Waals surface area contributed by atoms with E-state index in [-0.39, 0.29) is 27.8 Å². The van der Waals surface area contributed by atoms with E-state index in [4.69, 9.17) is 38.4 Å². The summed E-state index contributed by atoms with van der Waals surface area (Å²) in [5.41, 5.74) is 5.30. The van der Waals surface area contributed by atoms with Crippen molar-refractivity contribution in [3.8, 4) is 11.6 Å². The predicted molar refractivity (Wildman–Crippen MR) is 96.2 cm³/mol. The fourth-order valence-electron chi connectivity index (χ4n) is 2.99. The van der Waals surface area contributed by atoms with Crippen LogP contribution in [-0.2, 0) is 17.3 Å². The molecule has 1 aromatic carbocycles. The van der Waals surface area contributed by atoms with E-state index in [1.165, 1.54) is 0 Å². The molecule has 0 radical (unpaired) electrons. The van der Waals surface area contributed by atoms with Gasteiger partial charge in [-0.2, -0.15) is 17.9 Å². The molecule has 28 heavy (non-hydrogen) atoms. The number of carbonyl (C=O) groups is 1. The van der Waals surface area contributed by atoms with Crippen molar-refractivity contribution in [1.29, 1.82) is 0 Å². The number of alkyl halides is 3. The monoisotopic (exact) mass is 437 g/mol. The Morgan fingerprint density at radius 2 is 2.04 bits per heavy atom. The Morgan fingerprint density at radius 3 is 2.54 bits per heavy atom. The van der Waals surface area contributed by atoms with E-state index in [1.807, 2.05) is 0 Å². The number of nitrogens with two attached hydrogens (primary N) is 1. The van der Waals surface area contributed by atoms with Crippen LogP contribution in [0.15, 0.2) is 12.1 Å². The minimum absolute atomic E-state index is 0.0182. The van der Waals surface area contributed by atoms with Gasteiger partial charge in [-0.15, -0.1) is 5.10 Å². The maximum absolute atomic E-state index is 12.9.